The molecule has 10 heteroatoms. The molecular weight excluding hydrogens is 698 g/mol. The highest BCUT2D eigenvalue weighted by atomic mass is 28.4. The van der Waals surface area contributed by atoms with Crippen LogP contribution in [0.5, 0.6) is 0 Å². The molecule has 1 N–H and O–H groups in total. The van der Waals surface area contributed by atoms with Gasteiger partial charge in [0, 0.05) is 48.8 Å². The van der Waals surface area contributed by atoms with Crippen LogP contribution in [0, 0.1) is 5.92 Å². The molecule has 3 amide bonds. The number of aryl methyl sites for hydroxylation is 1. The Kier molecular flexibility index (Phi) is 11.8. The Morgan fingerprint density at radius 3 is 2.43 bits per heavy atom. The highest BCUT2D eigenvalue weighted by molar-refractivity contribution is 6.72. The van der Waals surface area contributed by atoms with Gasteiger partial charge < -0.3 is 23.8 Å². The number of allylic oxidation sites excluding steroid dienone is 3. The number of benzene rings is 3. The van der Waals surface area contributed by atoms with Crippen LogP contribution < -0.4 is 9.80 Å². The first-order chi connectivity index (χ1) is 25.8. The molecule has 6 rings (SSSR count). The molecule has 3 aromatic carbocycles. The number of ether oxygens (including phenoxy) is 1. The first-order valence-corrected chi connectivity index (χ1v) is 22.2. The molecule has 3 aliphatic heterocycles. The van der Waals surface area contributed by atoms with Gasteiger partial charge in [0.05, 0.1) is 30.5 Å². The predicted molar refractivity (Wildman–Crippen MR) is 215 cm³/mol. The monoisotopic (exact) mass is 751 g/mol. The summed E-state index contributed by atoms with van der Waals surface area (Å²) >= 11 is 0. The van der Waals surface area contributed by atoms with Gasteiger partial charge in [-0.25, -0.2) is 0 Å². The molecule has 0 saturated carbocycles. The minimum absolute atomic E-state index is 0.0415. The molecule has 1 saturated heterocycles. The van der Waals surface area contributed by atoms with E-state index < -0.39 is 31.6 Å². The van der Waals surface area contributed by atoms with Crippen molar-refractivity contribution < 1.29 is 28.3 Å². The first kappa shape index (κ1) is 39.3. The third-order valence-electron chi connectivity index (χ3n) is 11.3. The highest BCUT2D eigenvalue weighted by Gasteiger charge is 2.67. The number of aliphatic hydroxyl groups excluding tert-OH is 1. The van der Waals surface area contributed by atoms with Gasteiger partial charge in [0.1, 0.15) is 0 Å². The summed E-state index contributed by atoms with van der Waals surface area (Å²) in [6, 6.07) is 23.0. The summed E-state index contributed by atoms with van der Waals surface area (Å²) in [5.41, 5.74) is 4.81. The fourth-order valence-corrected chi connectivity index (χ4v) is 11.2. The van der Waals surface area contributed by atoms with E-state index in [2.05, 4.69) is 32.9 Å². The maximum atomic E-state index is 16.7. The summed E-state index contributed by atoms with van der Waals surface area (Å²) < 4.78 is 23.7. The average Bonchev–Trinajstić information content (AvgIpc) is 3.56. The zero-order valence-corrected chi connectivity index (χ0v) is 33.5. The van der Waals surface area contributed by atoms with E-state index in [0.717, 1.165) is 35.2 Å². The Morgan fingerprint density at radius 2 is 1.72 bits per heavy atom. The van der Waals surface area contributed by atoms with Gasteiger partial charge in [-0.15, -0.1) is 0 Å². The fourth-order valence-electron chi connectivity index (χ4n) is 8.72. The Labute approximate surface area is 320 Å². The Bertz CT molecular complexity index is 1940. The number of nitrogens with zero attached hydrogens (tertiary/aromatic N) is 3. The van der Waals surface area contributed by atoms with E-state index in [9.17, 15) is 14.7 Å². The quantitative estimate of drug-likeness (QED) is 0.108. The topological polar surface area (TPSA) is 90.4 Å². The van der Waals surface area contributed by atoms with Crippen LogP contribution in [0.25, 0.3) is 0 Å². The van der Waals surface area contributed by atoms with E-state index in [1.807, 2.05) is 79.7 Å². The molecule has 0 aromatic heterocycles. The summed E-state index contributed by atoms with van der Waals surface area (Å²) in [5.74, 6) is -1.20. The van der Waals surface area contributed by atoms with E-state index in [0.29, 0.717) is 36.3 Å². The molecule has 3 heterocycles. The number of hydrogen-bond acceptors (Lipinski definition) is 5. The number of hydrogen-bond donors (Lipinski definition) is 1. The second-order valence-corrected chi connectivity index (χ2v) is 19.6. The molecule has 0 bridgehead atoms. The summed E-state index contributed by atoms with van der Waals surface area (Å²) in [4.78, 5) is 47.8. The zero-order valence-electron chi connectivity index (χ0n) is 32.5. The van der Waals surface area contributed by atoms with Gasteiger partial charge in [0.15, 0.2) is 5.60 Å². The molecule has 54 heavy (non-hydrogen) atoms. The van der Waals surface area contributed by atoms with Gasteiger partial charge in [-0.2, -0.15) is 0 Å². The lowest BCUT2D eigenvalue weighted by Gasteiger charge is -2.32. The molecule has 0 radical (unpaired) electrons. The average molecular weight is 752 g/mol. The molecule has 1 fully saturated rings. The highest BCUT2D eigenvalue weighted by Crippen LogP contribution is 2.61. The minimum Gasteiger partial charge on any atom is -0.395 e. The lowest BCUT2D eigenvalue weighted by Crippen LogP contribution is -2.45. The standard InChI is InChI=1S/C44H54FN3O5Si/c1-30(2)13-12-14-31(3)23-24-47-38-21-20-35(48-37-18-11-10-17-34(37)19-22-40(48)50)27-36(38)44(43(47)52)32(4)42(54(5,6)45)39(53-44)28-41(51)46(25-26-49)29-33-15-8-7-9-16-33/h7-11,13,15-18,20-21,23,27,32,39,42,49H,12,14,19,22,24-26,28-29H2,1-6H3/b31-23+/t32-,39+,42-,44+/m0/s1. The van der Waals surface area contributed by atoms with E-state index in [1.54, 1.807) is 27.8 Å². The van der Waals surface area contributed by atoms with Crippen molar-refractivity contribution >= 4 is 43.2 Å². The summed E-state index contributed by atoms with van der Waals surface area (Å²) in [6.45, 7) is 11.9. The van der Waals surface area contributed by atoms with Crippen LogP contribution >= 0.6 is 0 Å². The Balaban J connectivity index is 1.41. The van der Waals surface area contributed by atoms with E-state index >= 15 is 8.90 Å². The van der Waals surface area contributed by atoms with Crippen molar-refractivity contribution in [2.45, 2.75) is 96.7 Å². The maximum absolute atomic E-state index is 16.7. The number of fused-ring (bicyclic) bond motifs is 3. The van der Waals surface area contributed by atoms with Crippen molar-refractivity contribution in [3.63, 3.8) is 0 Å². The number of carbonyl (C=O) groups excluding carboxylic acids is 3. The Morgan fingerprint density at radius 1 is 1.00 bits per heavy atom. The van der Waals surface area contributed by atoms with E-state index in [4.69, 9.17) is 4.74 Å². The van der Waals surface area contributed by atoms with Gasteiger partial charge in [-0.3, -0.25) is 19.3 Å². The SMILES string of the molecule is CC(C)=CCC/C(C)=C/CN1C(=O)[C@]2(O[C@H](CC(=O)N(CCO)Cc3ccccc3)[C@@H]([Si](C)(C)F)[C@@H]2C)c2cc(N3C(=O)CCc4ccccc43)ccc21. The van der Waals surface area contributed by atoms with Crippen molar-refractivity contribution in [1.82, 2.24) is 4.90 Å². The van der Waals surface area contributed by atoms with Crippen LogP contribution in [0.2, 0.25) is 18.6 Å². The second kappa shape index (κ2) is 16.1. The van der Waals surface area contributed by atoms with Gasteiger partial charge >= 0.3 is 0 Å². The number of carbonyl (C=O) groups is 3. The van der Waals surface area contributed by atoms with Crippen molar-refractivity contribution in [2.24, 2.45) is 5.92 Å². The lowest BCUT2D eigenvalue weighted by molar-refractivity contribution is -0.149. The van der Waals surface area contributed by atoms with Gasteiger partial charge in [-0.1, -0.05) is 78.8 Å². The molecule has 3 aromatic rings. The number of para-hydroxylation sites is 1. The molecule has 8 nitrogen and oxygen atoms in total. The molecule has 0 aliphatic carbocycles. The molecule has 286 valence electrons. The van der Waals surface area contributed by atoms with Gasteiger partial charge in [0.2, 0.25) is 20.2 Å². The third kappa shape index (κ3) is 7.74. The second-order valence-electron chi connectivity index (χ2n) is 15.8. The van der Waals surface area contributed by atoms with Crippen molar-refractivity contribution in [2.75, 3.05) is 29.5 Å². The van der Waals surface area contributed by atoms with Crippen molar-refractivity contribution in [1.29, 1.82) is 0 Å². The third-order valence-corrected chi connectivity index (χ3v) is 13.8. The van der Waals surface area contributed by atoms with Crippen molar-refractivity contribution in [3.8, 4) is 0 Å². The zero-order chi connectivity index (χ0) is 38.8. The molecule has 1 spiro atoms. The summed E-state index contributed by atoms with van der Waals surface area (Å²) in [6.07, 6.45) is 6.02. The van der Waals surface area contributed by atoms with Crippen LogP contribution in [0.4, 0.5) is 21.2 Å². The molecule has 4 atom stereocenters. The molecular formula is C44H54FN3O5Si. The van der Waals surface area contributed by atoms with Gasteiger partial charge in [0.25, 0.3) is 5.91 Å². The first-order valence-electron chi connectivity index (χ1n) is 19.2. The normalized spacial score (nSPS) is 22.4. The number of rotatable bonds is 13. The van der Waals surface area contributed by atoms with Crippen LogP contribution in [-0.2, 0) is 37.7 Å². The van der Waals surface area contributed by atoms with E-state index in [-0.39, 0.29) is 43.8 Å². The van der Waals surface area contributed by atoms with Crippen LogP contribution in [-0.4, -0.2) is 61.9 Å². The fraction of sp³-hybridized carbons (Fsp3) is 0.432. The van der Waals surface area contributed by atoms with E-state index in [1.165, 1.54) is 5.57 Å². The smallest absolute Gasteiger partial charge is 0.264 e. The van der Waals surface area contributed by atoms with Crippen LogP contribution in [0.15, 0.2) is 96.1 Å². The number of amides is 3. The number of aliphatic hydroxyl groups is 1. The largest absolute Gasteiger partial charge is 0.395 e. The minimum atomic E-state index is -3.57. The van der Waals surface area contributed by atoms with Crippen LogP contribution in [0.3, 0.4) is 0 Å². The lowest BCUT2D eigenvalue weighted by atomic mass is 9.82. The van der Waals surface area contributed by atoms with Crippen LogP contribution in [0.1, 0.15) is 70.1 Å². The summed E-state index contributed by atoms with van der Waals surface area (Å²) in [7, 11) is -3.57. The molecule has 3 aliphatic rings. The maximum Gasteiger partial charge on any atom is 0.264 e. The number of halogens is 1. The van der Waals surface area contributed by atoms with Gasteiger partial charge in [-0.05, 0) is 88.5 Å². The molecule has 0 unspecified atom stereocenters. The Hall–Kier alpha value is -4.38. The number of anilines is 3. The van der Waals surface area contributed by atoms with Crippen molar-refractivity contribution in [3.05, 3.63) is 113 Å². The predicted octanol–water partition coefficient (Wildman–Crippen LogP) is 8.52. The summed E-state index contributed by atoms with van der Waals surface area (Å²) in [5, 5.41) is 9.90.